The molecule has 8 heteroatoms. The molecule has 2 aromatic carbocycles. The highest BCUT2D eigenvalue weighted by Gasteiger charge is 2.25. The number of aliphatic imine (C=N–C) groups is 1. The number of nitrogens with one attached hydrogen (secondary N) is 1. The van der Waals surface area contributed by atoms with Gasteiger partial charge in [0.2, 0.25) is 0 Å². The van der Waals surface area contributed by atoms with Gasteiger partial charge >= 0.3 is 0 Å². The molecule has 0 aromatic heterocycles. The highest BCUT2D eigenvalue weighted by atomic mass is 19.2. The first-order valence-electron chi connectivity index (χ1n) is 11.1. The molecule has 2 fully saturated rings. The van der Waals surface area contributed by atoms with Crippen molar-refractivity contribution in [1.82, 2.24) is 10.2 Å². The molecule has 0 radical (unpaired) electrons. The molecule has 4 rings (SSSR count). The number of ether oxygens (including phenoxy) is 1. The van der Waals surface area contributed by atoms with Gasteiger partial charge < -0.3 is 24.8 Å². The number of guanidine groups is 1. The summed E-state index contributed by atoms with van der Waals surface area (Å²) in [5.41, 5.74) is 1.92. The first kappa shape index (κ1) is 22.2. The maximum atomic E-state index is 13.6. The van der Waals surface area contributed by atoms with Crippen LogP contribution in [0, 0.1) is 17.6 Å². The lowest BCUT2D eigenvalue weighted by molar-refractivity contribution is 0.368. The summed E-state index contributed by atoms with van der Waals surface area (Å²) in [4.78, 5) is 11.3. The molecule has 1 unspecified atom stereocenters. The highest BCUT2D eigenvalue weighted by molar-refractivity contribution is 5.80. The van der Waals surface area contributed by atoms with E-state index in [-0.39, 0.29) is 0 Å². The van der Waals surface area contributed by atoms with Gasteiger partial charge in [0, 0.05) is 76.4 Å². The Balaban J connectivity index is 1.26. The number of nitrogens with zero attached hydrogens (tertiary/aromatic N) is 4. The lowest BCUT2D eigenvalue weighted by Gasteiger charge is -2.38. The van der Waals surface area contributed by atoms with Crippen LogP contribution >= 0.6 is 0 Å². The Morgan fingerprint density at radius 2 is 1.78 bits per heavy atom. The fraction of sp³-hybridized carbons (Fsp3) is 0.458. The van der Waals surface area contributed by atoms with Crippen LogP contribution in [0.5, 0.6) is 5.75 Å². The summed E-state index contributed by atoms with van der Waals surface area (Å²) in [5, 5.41) is 3.52. The Morgan fingerprint density at radius 1 is 1.00 bits per heavy atom. The van der Waals surface area contributed by atoms with Crippen LogP contribution in [0.15, 0.2) is 47.5 Å². The SMILES string of the molecule is CN=C(NCC1CCN(c2ccc(F)c(F)c2)C1)N1CCN(c2cccc(OC)c2)CC1. The van der Waals surface area contributed by atoms with E-state index in [1.165, 1.54) is 17.8 Å². The van der Waals surface area contributed by atoms with Crippen molar-refractivity contribution in [2.24, 2.45) is 10.9 Å². The quantitative estimate of drug-likeness (QED) is 0.568. The largest absolute Gasteiger partial charge is 0.497 e. The van der Waals surface area contributed by atoms with Crippen molar-refractivity contribution >= 4 is 17.3 Å². The number of rotatable bonds is 5. The molecule has 32 heavy (non-hydrogen) atoms. The number of anilines is 2. The molecule has 1 atom stereocenters. The molecular formula is C24H31F2N5O. The fourth-order valence-electron chi connectivity index (χ4n) is 4.47. The van der Waals surface area contributed by atoms with Crippen LogP contribution in [0.4, 0.5) is 20.2 Å². The first-order valence-corrected chi connectivity index (χ1v) is 11.1. The zero-order valence-electron chi connectivity index (χ0n) is 18.7. The smallest absolute Gasteiger partial charge is 0.193 e. The molecule has 2 aliphatic heterocycles. The molecule has 0 aliphatic carbocycles. The monoisotopic (exact) mass is 443 g/mol. The summed E-state index contributed by atoms with van der Waals surface area (Å²) < 4.78 is 32.1. The molecule has 0 amide bonds. The summed E-state index contributed by atoms with van der Waals surface area (Å²) in [6.45, 7) is 6.09. The summed E-state index contributed by atoms with van der Waals surface area (Å²) in [5.74, 6) is 0.620. The Bertz CT molecular complexity index is 946. The lowest BCUT2D eigenvalue weighted by atomic mass is 10.1. The van der Waals surface area contributed by atoms with E-state index in [1.807, 2.05) is 19.2 Å². The number of methoxy groups -OCH3 is 1. The van der Waals surface area contributed by atoms with Crippen LogP contribution in [0.25, 0.3) is 0 Å². The second kappa shape index (κ2) is 10.1. The van der Waals surface area contributed by atoms with Crippen molar-refractivity contribution in [3.8, 4) is 5.75 Å². The second-order valence-corrected chi connectivity index (χ2v) is 8.30. The molecule has 2 saturated heterocycles. The van der Waals surface area contributed by atoms with Gasteiger partial charge in [-0.2, -0.15) is 0 Å². The molecule has 2 heterocycles. The van der Waals surface area contributed by atoms with Crippen molar-refractivity contribution in [1.29, 1.82) is 0 Å². The van der Waals surface area contributed by atoms with E-state index in [0.29, 0.717) is 5.92 Å². The van der Waals surface area contributed by atoms with Gasteiger partial charge in [0.05, 0.1) is 7.11 Å². The van der Waals surface area contributed by atoms with Crippen molar-refractivity contribution < 1.29 is 13.5 Å². The van der Waals surface area contributed by atoms with Gasteiger partial charge in [-0.3, -0.25) is 4.99 Å². The van der Waals surface area contributed by atoms with Crippen LogP contribution in [0.1, 0.15) is 6.42 Å². The minimum atomic E-state index is -0.804. The van der Waals surface area contributed by atoms with Crippen LogP contribution in [0.2, 0.25) is 0 Å². The molecule has 0 saturated carbocycles. The minimum absolute atomic E-state index is 0.429. The first-order chi connectivity index (χ1) is 15.6. The molecule has 0 bridgehead atoms. The maximum Gasteiger partial charge on any atom is 0.193 e. The van der Waals surface area contributed by atoms with E-state index in [4.69, 9.17) is 4.74 Å². The molecule has 2 aromatic rings. The van der Waals surface area contributed by atoms with E-state index in [0.717, 1.165) is 69.6 Å². The summed E-state index contributed by atoms with van der Waals surface area (Å²) in [6, 6.07) is 12.3. The van der Waals surface area contributed by atoms with Crippen LogP contribution in [-0.2, 0) is 0 Å². The maximum absolute atomic E-state index is 13.6. The second-order valence-electron chi connectivity index (χ2n) is 8.30. The van der Waals surface area contributed by atoms with Gasteiger partial charge in [-0.05, 0) is 36.6 Å². The van der Waals surface area contributed by atoms with Crippen LogP contribution < -0.4 is 19.9 Å². The third-order valence-corrected chi connectivity index (χ3v) is 6.31. The average Bonchev–Trinajstić information content (AvgIpc) is 3.31. The number of piperazine rings is 1. The zero-order chi connectivity index (χ0) is 22.5. The van der Waals surface area contributed by atoms with E-state index in [1.54, 1.807) is 13.2 Å². The summed E-state index contributed by atoms with van der Waals surface area (Å²) in [6.07, 6.45) is 1.01. The molecule has 0 spiro atoms. The van der Waals surface area contributed by atoms with E-state index in [2.05, 4.69) is 37.1 Å². The van der Waals surface area contributed by atoms with Crippen molar-refractivity contribution in [2.75, 3.05) is 69.8 Å². The molecule has 1 N–H and O–H groups in total. The molecule has 2 aliphatic rings. The van der Waals surface area contributed by atoms with Crippen LogP contribution in [0.3, 0.4) is 0 Å². The number of hydrogen-bond donors (Lipinski definition) is 1. The predicted octanol–water partition coefficient (Wildman–Crippen LogP) is 3.20. The predicted molar refractivity (Wildman–Crippen MR) is 125 cm³/mol. The van der Waals surface area contributed by atoms with Gasteiger partial charge in [-0.15, -0.1) is 0 Å². The number of hydrogen-bond acceptors (Lipinski definition) is 4. The zero-order valence-corrected chi connectivity index (χ0v) is 18.7. The van der Waals surface area contributed by atoms with Gasteiger partial charge in [0.15, 0.2) is 17.6 Å². The van der Waals surface area contributed by atoms with Gasteiger partial charge in [-0.25, -0.2) is 8.78 Å². The average molecular weight is 444 g/mol. The minimum Gasteiger partial charge on any atom is -0.497 e. The number of halogens is 2. The Labute approximate surface area is 188 Å². The third kappa shape index (κ3) is 5.06. The fourth-order valence-corrected chi connectivity index (χ4v) is 4.47. The van der Waals surface area contributed by atoms with Gasteiger partial charge in [0.1, 0.15) is 5.75 Å². The summed E-state index contributed by atoms with van der Waals surface area (Å²) in [7, 11) is 3.51. The van der Waals surface area contributed by atoms with Gasteiger partial charge in [0.25, 0.3) is 0 Å². The lowest BCUT2D eigenvalue weighted by Crippen LogP contribution is -2.53. The molecule has 6 nitrogen and oxygen atoms in total. The van der Waals surface area contributed by atoms with E-state index >= 15 is 0 Å². The number of benzene rings is 2. The van der Waals surface area contributed by atoms with Crippen molar-refractivity contribution in [3.63, 3.8) is 0 Å². The van der Waals surface area contributed by atoms with Gasteiger partial charge in [-0.1, -0.05) is 6.07 Å². The summed E-state index contributed by atoms with van der Waals surface area (Å²) >= 11 is 0. The van der Waals surface area contributed by atoms with Crippen LogP contribution in [-0.4, -0.2) is 70.8 Å². The van der Waals surface area contributed by atoms with Crippen molar-refractivity contribution in [2.45, 2.75) is 6.42 Å². The Hall–Kier alpha value is -3.03. The van der Waals surface area contributed by atoms with Crippen molar-refractivity contribution in [3.05, 3.63) is 54.1 Å². The van der Waals surface area contributed by atoms with E-state index in [9.17, 15) is 8.78 Å². The third-order valence-electron chi connectivity index (χ3n) is 6.31. The normalized spacial score (nSPS) is 19.4. The topological polar surface area (TPSA) is 43.3 Å². The Kier molecular flexibility index (Phi) is 6.97. The highest BCUT2D eigenvalue weighted by Crippen LogP contribution is 2.25. The Morgan fingerprint density at radius 3 is 2.50 bits per heavy atom. The molecule has 172 valence electrons. The standard InChI is InChI=1S/C24H31F2N5O/c1-27-24(30-12-10-29(11-13-30)19-4-3-5-21(14-19)32-2)28-16-18-8-9-31(17-18)20-6-7-22(25)23(26)15-20/h3-7,14-15,18H,8-13,16-17H2,1-2H3,(H,27,28). The molecular weight excluding hydrogens is 412 g/mol. The van der Waals surface area contributed by atoms with E-state index < -0.39 is 11.6 Å².